The zero-order valence-electron chi connectivity index (χ0n) is 9.02. The van der Waals surface area contributed by atoms with E-state index in [2.05, 4.69) is 15.6 Å². The summed E-state index contributed by atoms with van der Waals surface area (Å²) in [7, 11) is 0. The molecule has 1 aromatic heterocycles. The molecule has 3 amide bonds. The zero-order chi connectivity index (χ0) is 13.1. The van der Waals surface area contributed by atoms with E-state index in [1.807, 2.05) is 0 Å². The third kappa shape index (κ3) is 2.49. The van der Waals surface area contributed by atoms with Crippen molar-refractivity contribution < 1.29 is 19.5 Å². The van der Waals surface area contributed by atoms with Gasteiger partial charge in [0.2, 0.25) is 11.8 Å². The van der Waals surface area contributed by atoms with E-state index >= 15 is 0 Å². The number of carbonyl (C=O) groups is 3. The van der Waals surface area contributed by atoms with E-state index < -0.39 is 29.0 Å². The third-order valence-corrected chi connectivity index (χ3v) is 3.26. The smallest absolute Gasteiger partial charge is 0.290 e. The predicted molar refractivity (Wildman–Crippen MR) is 59.7 cm³/mol. The Morgan fingerprint density at radius 2 is 2.11 bits per heavy atom. The molecular weight excluding hydrogens is 262 g/mol. The molecule has 0 bridgehead atoms. The van der Waals surface area contributed by atoms with Crippen molar-refractivity contribution in [2.75, 3.05) is 12.2 Å². The fourth-order valence-corrected chi connectivity index (χ4v) is 2.35. The maximum atomic E-state index is 11.6. The van der Waals surface area contributed by atoms with Crippen LogP contribution < -0.4 is 5.43 Å². The summed E-state index contributed by atoms with van der Waals surface area (Å²) in [6, 6.07) is 0. The first-order valence-electron chi connectivity index (χ1n) is 4.89. The number of aromatic nitrogens is 3. The third-order valence-electron chi connectivity index (χ3n) is 2.19. The number of hydrogen-bond acceptors (Lipinski definition) is 7. The number of hydrogen-bond donors (Lipinski definition) is 2. The van der Waals surface area contributed by atoms with Crippen LogP contribution in [-0.4, -0.2) is 53.9 Å². The van der Waals surface area contributed by atoms with Gasteiger partial charge in [-0.3, -0.25) is 19.8 Å². The number of aliphatic hydroxyl groups is 1. The SMILES string of the molecule is O=C(CC1SC(=O)N(CO)C1=O)Nn1cnnc1. The van der Waals surface area contributed by atoms with Gasteiger partial charge in [-0.15, -0.1) is 10.2 Å². The predicted octanol–water partition coefficient (Wildman–Crippen LogP) is -1.25. The normalized spacial score (nSPS) is 19.4. The van der Waals surface area contributed by atoms with Crippen molar-refractivity contribution in [1.82, 2.24) is 19.8 Å². The van der Waals surface area contributed by atoms with E-state index in [9.17, 15) is 14.4 Å². The van der Waals surface area contributed by atoms with Crippen LogP contribution in [0.3, 0.4) is 0 Å². The molecule has 2 rings (SSSR count). The molecule has 18 heavy (non-hydrogen) atoms. The van der Waals surface area contributed by atoms with Gasteiger partial charge in [-0.25, -0.2) is 9.58 Å². The minimum Gasteiger partial charge on any atom is -0.376 e. The largest absolute Gasteiger partial charge is 0.376 e. The molecule has 1 unspecified atom stereocenters. The Labute approximate surface area is 105 Å². The van der Waals surface area contributed by atoms with Gasteiger partial charge in [0.1, 0.15) is 24.6 Å². The van der Waals surface area contributed by atoms with Gasteiger partial charge < -0.3 is 5.11 Å². The zero-order valence-corrected chi connectivity index (χ0v) is 9.83. The van der Waals surface area contributed by atoms with Crippen LogP contribution >= 0.6 is 11.8 Å². The van der Waals surface area contributed by atoms with Gasteiger partial charge in [0, 0.05) is 6.42 Å². The Morgan fingerprint density at radius 3 is 2.67 bits per heavy atom. The monoisotopic (exact) mass is 271 g/mol. The summed E-state index contributed by atoms with van der Waals surface area (Å²) >= 11 is 0.723. The van der Waals surface area contributed by atoms with Gasteiger partial charge in [-0.05, 0) is 0 Å². The van der Waals surface area contributed by atoms with Gasteiger partial charge in [-0.1, -0.05) is 11.8 Å². The summed E-state index contributed by atoms with van der Waals surface area (Å²) in [4.78, 5) is 35.1. The van der Waals surface area contributed by atoms with Crippen LogP contribution in [0.5, 0.6) is 0 Å². The van der Waals surface area contributed by atoms with Crippen LogP contribution in [0, 0.1) is 0 Å². The van der Waals surface area contributed by atoms with Crippen molar-refractivity contribution in [3.8, 4) is 0 Å². The van der Waals surface area contributed by atoms with Crippen molar-refractivity contribution >= 4 is 28.8 Å². The van der Waals surface area contributed by atoms with E-state index in [0.29, 0.717) is 4.90 Å². The molecule has 1 aliphatic heterocycles. The van der Waals surface area contributed by atoms with E-state index in [-0.39, 0.29) is 6.42 Å². The van der Waals surface area contributed by atoms with Crippen molar-refractivity contribution in [3.05, 3.63) is 12.7 Å². The second-order valence-corrected chi connectivity index (χ2v) is 4.54. The van der Waals surface area contributed by atoms with Crippen LogP contribution in [-0.2, 0) is 9.59 Å². The lowest BCUT2D eigenvalue weighted by Crippen LogP contribution is -2.34. The number of rotatable bonds is 4. The first kappa shape index (κ1) is 12.5. The molecule has 0 saturated carbocycles. The van der Waals surface area contributed by atoms with E-state index in [1.165, 1.54) is 17.3 Å². The Bertz CT molecular complexity index is 476. The van der Waals surface area contributed by atoms with E-state index in [1.54, 1.807) is 0 Å². The Hall–Kier alpha value is -1.94. The molecule has 96 valence electrons. The Morgan fingerprint density at radius 1 is 1.44 bits per heavy atom. The van der Waals surface area contributed by atoms with Crippen molar-refractivity contribution in [1.29, 1.82) is 0 Å². The molecule has 1 atom stereocenters. The number of imide groups is 1. The lowest BCUT2D eigenvalue weighted by atomic mass is 10.2. The summed E-state index contributed by atoms with van der Waals surface area (Å²) in [5.74, 6) is -1.01. The average molecular weight is 271 g/mol. The van der Waals surface area contributed by atoms with Crippen LogP contribution in [0.15, 0.2) is 12.7 Å². The maximum Gasteiger partial charge on any atom is 0.290 e. The highest BCUT2D eigenvalue weighted by Gasteiger charge is 2.40. The van der Waals surface area contributed by atoms with E-state index in [4.69, 9.17) is 5.11 Å². The topological polar surface area (TPSA) is 117 Å². The summed E-state index contributed by atoms with van der Waals surface area (Å²) in [5.41, 5.74) is 2.41. The standard InChI is InChI=1S/C8H9N5O4S/c14-4-13-7(16)5(18-8(13)17)1-6(15)11-12-2-9-10-3-12/h2-3,5,14H,1,4H2,(H,11,15). The molecule has 10 heteroatoms. The van der Waals surface area contributed by atoms with Crippen molar-refractivity contribution in [2.24, 2.45) is 0 Å². The molecule has 9 nitrogen and oxygen atoms in total. The minimum atomic E-state index is -0.805. The maximum absolute atomic E-state index is 11.6. The Kier molecular flexibility index (Phi) is 3.58. The Balaban J connectivity index is 1.92. The fraction of sp³-hybridized carbons (Fsp3) is 0.375. The van der Waals surface area contributed by atoms with Gasteiger partial charge in [0.25, 0.3) is 5.24 Å². The van der Waals surface area contributed by atoms with E-state index in [0.717, 1.165) is 11.8 Å². The van der Waals surface area contributed by atoms with Gasteiger partial charge in [0.05, 0.1) is 0 Å². The van der Waals surface area contributed by atoms with Crippen molar-refractivity contribution in [2.45, 2.75) is 11.7 Å². The molecule has 1 aromatic rings. The number of thioether (sulfide) groups is 1. The summed E-state index contributed by atoms with van der Waals surface area (Å²) in [6.45, 7) is -0.672. The highest BCUT2D eigenvalue weighted by atomic mass is 32.2. The number of carbonyl (C=O) groups excluding carboxylic acids is 3. The highest BCUT2D eigenvalue weighted by Crippen LogP contribution is 2.28. The number of aliphatic hydroxyl groups excluding tert-OH is 1. The first-order chi connectivity index (χ1) is 8.61. The van der Waals surface area contributed by atoms with Gasteiger partial charge >= 0.3 is 0 Å². The molecule has 0 spiro atoms. The summed E-state index contributed by atoms with van der Waals surface area (Å²) in [5, 5.41) is 14.4. The minimum absolute atomic E-state index is 0.163. The molecule has 0 aromatic carbocycles. The molecule has 1 saturated heterocycles. The van der Waals surface area contributed by atoms with Crippen molar-refractivity contribution in [3.63, 3.8) is 0 Å². The summed E-state index contributed by atoms with van der Waals surface area (Å²) < 4.78 is 1.23. The van der Waals surface area contributed by atoms with Crippen LogP contribution in [0.2, 0.25) is 0 Å². The molecular formula is C8H9N5O4S. The van der Waals surface area contributed by atoms with Crippen LogP contribution in [0.4, 0.5) is 4.79 Å². The lowest BCUT2D eigenvalue weighted by Gasteiger charge is -2.09. The second kappa shape index (κ2) is 5.14. The lowest BCUT2D eigenvalue weighted by molar-refractivity contribution is -0.131. The molecule has 2 heterocycles. The van der Waals surface area contributed by atoms with Crippen LogP contribution in [0.1, 0.15) is 6.42 Å². The number of amides is 3. The van der Waals surface area contributed by atoms with Crippen LogP contribution in [0.25, 0.3) is 0 Å². The first-order valence-corrected chi connectivity index (χ1v) is 5.77. The van der Waals surface area contributed by atoms with Gasteiger partial charge in [-0.2, -0.15) is 0 Å². The summed E-state index contributed by atoms with van der Waals surface area (Å²) in [6.07, 6.45) is 2.41. The second-order valence-electron chi connectivity index (χ2n) is 3.39. The molecule has 1 fully saturated rings. The number of nitrogens with one attached hydrogen (secondary N) is 1. The molecule has 0 aliphatic carbocycles. The average Bonchev–Trinajstić information content (AvgIpc) is 2.89. The highest BCUT2D eigenvalue weighted by molar-refractivity contribution is 8.15. The molecule has 1 aliphatic rings. The fourth-order valence-electron chi connectivity index (χ4n) is 1.37. The van der Waals surface area contributed by atoms with Gasteiger partial charge in [0.15, 0.2) is 0 Å². The molecule has 2 N–H and O–H groups in total. The molecule has 0 radical (unpaired) electrons. The quantitative estimate of drug-likeness (QED) is 0.702. The number of nitrogens with zero attached hydrogens (tertiary/aromatic N) is 4.